The highest BCUT2D eigenvalue weighted by Gasteiger charge is 2.24. The summed E-state index contributed by atoms with van der Waals surface area (Å²) in [5.41, 5.74) is 1.68. The Morgan fingerprint density at radius 2 is 2.03 bits per heavy atom. The zero-order chi connectivity index (χ0) is 21.6. The van der Waals surface area contributed by atoms with Crippen LogP contribution < -0.4 is 10.6 Å². The van der Waals surface area contributed by atoms with Crippen LogP contribution in [0.1, 0.15) is 37.9 Å². The van der Waals surface area contributed by atoms with Crippen molar-refractivity contribution in [1.29, 1.82) is 0 Å². The molecule has 0 aliphatic rings. The number of aryl methyl sites for hydroxylation is 1. The molecule has 0 radical (unpaired) electrons. The summed E-state index contributed by atoms with van der Waals surface area (Å²) in [5, 5.41) is 11.4. The third-order valence-corrected chi connectivity index (χ3v) is 5.15. The lowest BCUT2D eigenvalue weighted by Crippen LogP contribution is -2.42. The first-order valence-corrected chi connectivity index (χ1v) is 10.1. The van der Waals surface area contributed by atoms with Gasteiger partial charge in [0.25, 0.3) is 0 Å². The van der Waals surface area contributed by atoms with E-state index in [2.05, 4.69) is 34.5 Å². The minimum atomic E-state index is -0.336. The van der Waals surface area contributed by atoms with Crippen molar-refractivity contribution in [1.82, 2.24) is 25.3 Å². The Hall–Kier alpha value is -1.39. The van der Waals surface area contributed by atoms with Gasteiger partial charge < -0.3 is 15.5 Å². The van der Waals surface area contributed by atoms with Gasteiger partial charge in [0.2, 0.25) is 0 Å². The third-order valence-electron chi connectivity index (χ3n) is 4.83. The number of nitrogens with zero attached hydrogens (tertiary/aromatic N) is 4. The number of likely N-dealkylation sites (N-methyl/N-ethyl adjacent to an activating group) is 1. The first kappa shape index (κ1) is 26.6. The monoisotopic (exact) mass is 550 g/mol. The molecule has 0 amide bonds. The fourth-order valence-electron chi connectivity index (χ4n) is 3.15. The van der Waals surface area contributed by atoms with E-state index >= 15 is 0 Å². The molecule has 2 rings (SSSR count). The average Bonchev–Trinajstić information content (AvgIpc) is 3.05. The van der Waals surface area contributed by atoms with Crippen LogP contribution in [-0.2, 0) is 12.5 Å². The van der Waals surface area contributed by atoms with Gasteiger partial charge in [0.05, 0.1) is 18.8 Å². The van der Waals surface area contributed by atoms with Crippen molar-refractivity contribution in [2.75, 3.05) is 33.7 Å². The van der Waals surface area contributed by atoms with Crippen molar-refractivity contribution < 1.29 is 4.39 Å². The molecule has 1 unspecified atom stereocenters. The molecule has 0 saturated carbocycles. The van der Waals surface area contributed by atoms with E-state index in [4.69, 9.17) is 16.6 Å². The van der Waals surface area contributed by atoms with Crippen molar-refractivity contribution >= 4 is 41.5 Å². The third kappa shape index (κ3) is 7.39. The molecule has 1 heterocycles. The van der Waals surface area contributed by atoms with Gasteiger partial charge in [-0.25, -0.2) is 4.39 Å². The number of guanidine groups is 1. The summed E-state index contributed by atoms with van der Waals surface area (Å²) in [4.78, 5) is 6.91. The van der Waals surface area contributed by atoms with Crippen molar-refractivity contribution in [3.8, 4) is 0 Å². The van der Waals surface area contributed by atoms with Crippen LogP contribution in [0.5, 0.6) is 0 Å². The second-order valence-corrected chi connectivity index (χ2v) is 8.42. The second-order valence-electron chi connectivity index (χ2n) is 8.01. The number of hydrogen-bond donors (Lipinski definition) is 2. The number of hydrogen-bond acceptors (Lipinski definition) is 3. The van der Waals surface area contributed by atoms with Gasteiger partial charge in [0.1, 0.15) is 5.82 Å². The Kier molecular flexibility index (Phi) is 10.5. The predicted molar refractivity (Wildman–Crippen MR) is 133 cm³/mol. The van der Waals surface area contributed by atoms with Crippen LogP contribution in [0.2, 0.25) is 5.02 Å². The van der Waals surface area contributed by atoms with Gasteiger partial charge in [0, 0.05) is 42.3 Å². The first-order chi connectivity index (χ1) is 13.6. The predicted octanol–water partition coefficient (Wildman–Crippen LogP) is 3.97. The second kappa shape index (κ2) is 11.9. The van der Waals surface area contributed by atoms with Gasteiger partial charge in [-0.3, -0.25) is 9.67 Å². The smallest absolute Gasteiger partial charge is 0.191 e. The molecule has 30 heavy (non-hydrogen) atoms. The van der Waals surface area contributed by atoms with Gasteiger partial charge in [0.15, 0.2) is 5.96 Å². The fourth-order valence-corrected chi connectivity index (χ4v) is 3.57. The van der Waals surface area contributed by atoms with Crippen LogP contribution in [0.4, 0.5) is 4.39 Å². The van der Waals surface area contributed by atoms with Crippen LogP contribution in [-0.4, -0.2) is 54.4 Å². The molecule has 6 nitrogen and oxygen atoms in total. The van der Waals surface area contributed by atoms with E-state index in [0.717, 1.165) is 23.6 Å². The molecular formula is C21H33ClFIN6. The summed E-state index contributed by atoms with van der Waals surface area (Å²) in [6.07, 6.45) is 3.91. The summed E-state index contributed by atoms with van der Waals surface area (Å²) < 4.78 is 15.2. The molecule has 0 aliphatic heterocycles. The highest BCUT2D eigenvalue weighted by molar-refractivity contribution is 14.0. The van der Waals surface area contributed by atoms with E-state index in [-0.39, 0.29) is 41.3 Å². The molecular weight excluding hydrogens is 518 g/mol. The maximum absolute atomic E-state index is 13.4. The van der Waals surface area contributed by atoms with Gasteiger partial charge in [-0.15, -0.1) is 24.0 Å². The van der Waals surface area contributed by atoms with E-state index in [1.165, 1.54) is 12.1 Å². The van der Waals surface area contributed by atoms with E-state index in [1.807, 2.05) is 40.5 Å². The summed E-state index contributed by atoms with van der Waals surface area (Å²) in [7, 11) is 6.00. The Balaban J connectivity index is 0.00000450. The normalized spacial score (nSPS) is 13.2. The van der Waals surface area contributed by atoms with Gasteiger partial charge in [-0.05, 0) is 38.7 Å². The highest BCUT2D eigenvalue weighted by atomic mass is 127. The Morgan fingerprint density at radius 3 is 2.57 bits per heavy atom. The molecule has 1 aromatic heterocycles. The minimum Gasteiger partial charge on any atom is -0.357 e. The number of halogens is 3. The molecule has 0 saturated heterocycles. The van der Waals surface area contributed by atoms with Crippen molar-refractivity contribution in [2.24, 2.45) is 12.0 Å². The van der Waals surface area contributed by atoms with E-state index in [0.29, 0.717) is 18.1 Å². The van der Waals surface area contributed by atoms with Crippen LogP contribution in [0.3, 0.4) is 0 Å². The lowest BCUT2D eigenvalue weighted by atomic mass is 9.84. The largest absolute Gasteiger partial charge is 0.357 e. The maximum atomic E-state index is 13.4. The van der Waals surface area contributed by atoms with E-state index < -0.39 is 0 Å². The molecule has 0 bridgehead atoms. The van der Waals surface area contributed by atoms with Crippen molar-refractivity contribution in [3.05, 3.63) is 52.6 Å². The van der Waals surface area contributed by atoms with E-state index in [9.17, 15) is 4.39 Å². The van der Waals surface area contributed by atoms with Crippen LogP contribution in [0.15, 0.2) is 35.6 Å². The van der Waals surface area contributed by atoms with Crippen molar-refractivity contribution in [3.63, 3.8) is 0 Å². The molecule has 0 spiro atoms. The lowest BCUT2D eigenvalue weighted by Gasteiger charge is -2.27. The zero-order valence-corrected chi connectivity index (χ0v) is 21.6. The number of benzene rings is 1. The number of rotatable bonds is 8. The molecule has 2 N–H and O–H groups in total. The fraction of sp³-hybridized carbons (Fsp3) is 0.524. The molecule has 1 aromatic carbocycles. The SMILES string of the molecule is CCNC(=NCC(C)(C)c1ccc(F)cc1Cl)NCC(c1cnn(C)c1)N(C)C.I. The molecule has 2 aromatic rings. The first-order valence-electron chi connectivity index (χ1n) is 9.76. The zero-order valence-electron chi connectivity index (χ0n) is 18.5. The van der Waals surface area contributed by atoms with Crippen LogP contribution in [0.25, 0.3) is 0 Å². The van der Waals surface area contributed by atoms with Gasteiger partial charge in [-0.2, -0.15) is 5.10 Å². The van der Waals surface area contributed by atoms with Gasteiger partial charge >= 0.3 is 0 Å². The van der Waals surface area contributed by atoms with Gasteiger partial charge in [-0.1, -0.05) is 31.5 Å². The van der Waals surface area contributed by atoms with E-state index in [1.54, 1.807) is 10.7 Å². The quantitative estimate of drug-likeness (QED) is 0.297. The average molecular weight is 551 g/mol. The lowest BCUT2D eigenvalue weighted by molar-refractivity contribution is 0.298. The summed E-state index contributed by atoms with van der Waals surface area (Å²) in [6.45, 7) is 8.08. The topological polar surface area (TPSA) is 57.5 Å². The number of aromatic nitrogens is 2. The highest BCUT2D eigenvalue weighted by Crippen LogP contribution is 2.30. The Labute approximate surface area is 201 Å². The number of aliphatic imine (C=N–C) groups is 1. The minimum absolute atomic E-state index is 0. The Morgan fingerprint density at radius 1 is 1.33 bits per heavy atom. The Bertz CT molecular complexity index is 837. The molecule has 168 valence electrons. The number of nitrogens with one attached hydrogen (secondary N) is 2. The summed E-state index contributed by atoms with van der Waals surface area (Å²) in [5.74, 6) is 0.396. The molecule has 1 atom stereocenters. The maximum Gasteiger partial charge on any atom is 0.191 e. The van der Waals surface area contributed by atoms with Crippen LogP contribution >= 0.6 is 35.6 Å². The molecule has 0 aliphatic carbocycles. The molecule has 9 heteroatoms. The van der Waals surface area contributed by atoms with Crippen LogP contribution in [0, 0.1) is 5.82 Å². The molecule has 0 fully saturated rings. The standard InChI is InChI=1S/C21H32ClFN6.HI/c1-7-24-20(25-12-19(28(4)5)15-11-27-29(6)13-15)26-14-21(2,3)17-9-8-16(23)10-18(17)22;/h8-11,13,19H,7,12,14H2,1-6H3,(H2,24,25,26);1H. The summed E-state index contributed by atoms with van der Waals surface area (Å²) >= 11 is 6.26. The van der Waals surface area contributed by atoms with Crippen molar-refractivity contribution in [2.45, 2.75) is 32.2 Å². The summed E-state index contributed by atoms with van der Waals surface area (Å²) in [6, 6.07) is 4.68.